The van der Waals surface area contributed by atoms with Gasteiger partial charge in [-0.15, -0.1) is 0 Å². The highest BCUT2D eigenvalue weighted by molar-refractivity contribution is 7.81. The summed E-state index contributed by atoms with van der Waals surface area (Å²) in [6.45, 7) is 3.58. The number of hydrogen-bond acceptors (Lipinski definition) is 4. The molecule has 21 heavy (non-hydrogen) atoms. The molecule has 0 heterocycles. The maximum Gasteiger partial charge on any atom is 0.318 e. The molecular weight excluding hydrogens is 284 g/mol. The predicted molar refractivity (Wildman–Crippen MR) is 92.1 cm³/mol. The van der Waals surface area contributed by atoms with E-state index in [1.165, 1.54) is 32.1 Å². The van der Waals surface area contributed by atoms with Crippen molar-refractivity contribution in [2.45, 2.75) is 82.8 Å². The first-order valence-electron chi connectivity index (χ1n) is 8.56. The first-order chi connectivity index (χ1) is 10.2. The third-order valence-corrected chi connectivity index (χ3v) is 4.06. The second kappa shape index (κ2) is 16.2. The van der Waals surface area contributed by atoms with Crippen LogP contribution in [0.5, 0.6) is 0 Å². The zero-order valence-electron chi connectivity index (χ0n) is 13.9. The Morgan fingerprint density at radius 2 is 1.48 bits per heavy atom. The lowest BCUT2D eigenvalue weighted by atomic mass is 10.1. The molecule has 0 radical (unpaired) electrons. The molecule has 0 aliphatic rings. The van der Waals surface area contributed by atoms with Gasteiger partial charge in [-0.2, -0.15) is 12.6 Å². The average Bonchev–Trinajstić information content (AvgIpc) is 2.49. The predicted octanol–water partition coefficient (Wildman–Crippen LogP) is 4.79. The normalized spacial score (nSPS) is 12.3. The summed E-state index contributed by atoms with van der Waals surface area (Å²) in [6.07, 6.45) is 12.5. The molecule has 0 aromatic carbocycles. The van der Waals surface area contributed by atoms with Gasteiger partial charge in [0.2, 0.25) is 0 Å². The van der Waals surface area contributed by atoms with E-state index in [0.29, 0.717) is 6.61 Å². The van der Waals surface area contributed by atoms with Gasteiger partial charge in [-0.25, -0.2) is 0 Å². The zero-order chi connectivity index (χ0) is 15.8. The van der Waals surface area contributed by atoms with Gasteiger partial charge < -0.3 is 9.47 Å². The summed E-state index contributed by atoms with van der Waals surface area (Å²) in [7, 11) is 1.75. The standard InChI is InChI=1S/C17H34O3S/c1-3-4-10-13-16(21)17(18)20-15-12-9-7-5-6-8-11-14-19-2/h16,21H,3-15H2,1-2H3. The molecule has 0 saturated heterocycles. The smallest absolute Gasteiger partial charge is 0.318 e. The van der Waals surface area contributed by atoms with Gasteiger partial charge in [0.25, 0.3) is 0 Å². The molecular formula is C17H34O3S. The van der Waals surface area contributed by atoms with Crippen molar-refractivity contribution in [3.8, 4) is 0 Å². The first-order valence-corrected chi connectivity index (χ1v) is 9.07. The summed E-state index contributed by atoms with van der Waals surface area (Å²) >= 11 is 4.31. The Morgan fingerprint density at radius 3 is 2.05 bits per heavy atom. The molecule has 4 heteroatoms. The molecule has 126 valence electrons. The molecule has 0 bridgehead atoms. The molecule has 0 aliphatic heterocycles. The van der Waals surface area contributed by atoms with E-state index in [9.17, 15) is 4.79 Å². The van der Waals surface area contributed by atoms with Crippen molar-refractivity contribution in [2.75, 3.05) is 20.3 Å². The number of hydrogen-bond donors (Lipinski definition) is 1. The number of thiol groups is 1. The van der Waals surface area contributed by atoms with Crippen LogP contribution in [-0.4, -0.2) is 31.5 Å². The van der Waals surface area contributed by atoms with Crippen LogP contribution in [-0.2, 0) is 14.3 Å². The van der Waals surface area contributed by atoms with E-state index < -0.39 is 0 Å². The Hall–Kier alpha value is -0.220. The van der Waals surface area contributed by atoms with E-state index >= 15 is 0 Å². The van der Waals surface area contributed by atoms with Crippen LogP contribution in [0.3, 0.4) is 0 Å². The quantitative estimate of drug-likeness (QED) is 0.268. The molecule has 1 atom stereocenters. The maximum absolute atomic E-state index is 11.7. The lowest BCUT2D eigenvalue weighted by Crippen LogP contribution is -2.18. The van der Waals surface area contributed by atoms with E-state index in [2.05, 4.69) is 19.6 Å². The van der Waals surface area contributed by atoms with Crippen LogP contribution in [0, 0.1) is 0 Å². The molecule has 0 aliphatic carbocycles. The first kappa shape index (κ1) is 20.8. The molecule has 0 fully saturated rings. The fourth-order valence-electron chi connectivity index (χ4n) is 2.21. The van der Waals surface area contributed by atoms with E-state index in [-0.39, 0.29) is 11.2 Å². The minimum atomic E-state index is -0.239. The van der Waals surface area contributed by atoms with E-state index in [0.717, 1.165) is 45.1 Å². The highest BCUT2D eigenvalue weighted by Crippen LogP contribution is 2.11. The Kier molecular flexibility index (Phi) is 16.0. The Morgan fingerprint density at radius 1 is 0.905 bits per heavy atom. The number of unbranched alkanes of at least 4 members (excludes halogenated alkanes) is 8. The number of carbonyl (C=O) groups is 1. The Balaban J connectivity index is 3.28. The fraction of sp³-hybridized carbons (Fsp3) is 0.941. The van der Waals surface area contributed by atoms with Crippen molar-refractivity contribution < 1.29 is 14.3 Å². The van der Waals surface area contributed by atoms with Gasteiger partial charge in [-0.05, 0) is 19.3 Å². The molecule has 0 rings (SSSR count). The number of esters is 1. The van der Waals surface area contributed by atoms with Gasteiger partial charge in [-0.1, -0.05) is 58.3 Å². The van der Waals surface area contributed by atoms with Gasteiger partial charge in [0.15, 0.2) is 0 Å². The van der Waals surface area contributed by atoms with Crippen molar-refractivity contribution in [2.24, 2.45) is 0 Å². The van der Waals surface area contributed by atoms with Gasteiger partial charge in [0.05, 0.1) is 11.9 Å². The van der Waals surface area contributed by atoms with Crippen LogP contribution in [0.1, 0.15) is 77.6 Å². The zero-order valence-corrected chi connectivity index (χ0v) is 14.8. The van der Waals surface area contributed by atoms with Gasteiger partial charge in [-0.3, -0.25) is 4.79 Å². The number of rotatable bonds is 15. The van der Waals surface area contributed by atoms with Crippen molar-refractivity contribution in [3.05, 3.63) is 0 Å². The molecule has 0 saturated carbocycles. The summed E-state index contributed by atoms with van der Waals surface area (Å²) in [5.74, 6) is -0.144. The van der Waals surface area contributed by atoms with Crippen LogP contribution in [0.25, 0.3) is 0 Å². The third kappa shape index (κ3) is 14.5. The van der Waals surface area contributed by atoms with Crippen LogP contribution in [0.4, 0.5) is 0 Å². The molecule has 0 N–H and O–H groups in total. The molecule has 1 unspecified atom stereocenters. The van der Waals surface area contributed by atoms with Crippen molar-refractivity contribution in [1.29, 1.82) is 0 Å². The number of methoxy groups -OCH3 is 1. The van der Waals surface area contributed by atoms with Gasteiger partial charge >= 0.3 is 5.97 Å². The third-order valence-electron chi connectivity index (χ3n) is 3.59. The second-order valence-corrected chi connectivity index (χ2v) is 6.27. The lowest BCUT2D eigenvalue weighted by Gasteiger charge is -2.10. The summed E-state index contributed by atoms with van der Waals surface area (Å²) in [5, 5.41) is -0.239. The second-order valence-electron chi connectivity index (χ2n) is 5.65. The van der Waals surface area contributed by atoms with E-state index in [1.807, 2.05) is 0 Å². The minimum Gasteiger partial charge on any atom is -0.465 e. The van der Waals surface area contributed by atoms with Gasteiger partial charge in [0.1, 0.15) is 0 Å². The van der Waals surface area contributed by atoms with Crippen LogP contribution in [0.2, 0.25) is 0 Å². The monoisotopic (exact) mass is 318 g/mol. The summed E-state index contributed by atoms with van der Waals surface area (Å²) < 4.78 is 10.3. The lowest BCUT2D eigenvalue weighted by molar-refractivity contribution is -0.143. The fourth-order valence-corrected chi connectivity index (χ4v) is 2.46. The maximum atomic E-state index is 11.7. The summed E-state index contributed by atoms with van der Waals surface area (Å²) in [5.41, 5.74) is 0. The summed E-state index contributed by atoms with van der Waals surface area (Å²) in [6, 6.07) is 0. The van der Waals surface area contributed by atoms with E-state index in [1.54, 1.807) is 7.11 Å². The van der Waals surface area contributed by atoms with Crippen molar-refractivity contribution in [3.63, 3.8) is 0 Å². The van der Waals surface area contributed by atoms with Crippen molar-refractivity contribution in [1.82, 2.24) is 0 Å². The molecule has 0 amide bonds. The summed E-state index contributed by atoms with van der Waals surface area (Å²) in [4.78, 5) is 11.7. The van der Waals surface area contributed by atoms with Crippen LogP contribution in [0.15, 0.2) is 0 Å². The van der Waals surface area contributed by atoms with Crippen LogP contribution >= 0.6 is 12.6 Å². The molecule has 3 nitrogen and oxygen atoms in total. The highest BCUT2D eigenvalue weighted by atomic mass is 32.1. The molecule has 0 aromatic rings. The average molecular weight is 319 g/mol. The highest BCUT2D eigenvalue weighted by Gasteiger charge is 2.14. The van der Waals surface area contributed by atoms with E-state index in [4.69, 9.17) is 9.47 Å². The largest absolute Gasteiger partial charge is 0.465 e. The molecule has 0 spiro atoms. The topological polar surface area (TPSA) is 35.5 Å². The Bertz CT molecular complexity index is 234. The van der Waals surface area contributed by atoms with Crippen LogP contribution < -0.4 is 0 Å². The number of carbonyl (C=O) groups excluding carboxylic acids is 1. The minimum absolute atomic E-state index is 0.144. The molecule has 0 aromatic heterocycles. The Labute approximate surface area is 136 Å². The van der Waals surface area contributed by atoms with Gasteiger partial charge in [0, 0.05) is 13.7 Å². The number of ether oxygens (including phenoxy) is 2. The SMILES string of the molecule is CCCCCC(S)C(=O)OCCCCCCCCCOC. The van der Waals surface area contributed by atoms with Crippen molar-refractivity contribution >= 4 is 18.6 Å².